The van der Waals surface area contributed by atoms with E-state index in [1.807, 2.05) is 24.3 Å². The summed E-state index contributed by atoms with van der Waals surface area (Å²) in [5.41, 5.74) is 2.22. The highest BCUT2D eigenvalue weighted by molar-refractivity contribution is 5.86. The number of nitrogens with zero attached hydrogens (tertiary/aromatic N) is 3. The second kappa shape index (κ2) is 14.1. The van der Waals surface area contributed by atoms with Crippen molar-refractivity contribution in [1.29, 1.82) is 0 Å². The van der Waals surface area contributed by atoms with E-state index in [1.54, 1.807) is 19.1 Å². The van der Waals surface area contributed by atoms with Crippen LogP contribution in [0.1, 0.15) is 65.2 Å². The third kappa shape index (κ3) is 8.29. The first-order valence-corrected chi connectivity index (χ1v) is 12.8. The summed E-state index contributed by atoms with van der Waals surface area (Å²) in [5, 5.41) is 19.5. The van der Waals surface area contributed by atoms with Gasteiger partial charge < -0.3 is 19.3 Å². The van der Waals surface area contributed by atoms with Crippen LogP contribution in [0, 0.1) is 0 Å². The number of ether oxygens (including phenoxy) is 3. The molecular weight excluding hydrogens is 458 g/mol. The number of phenols is 1. The van der Waals surface area contributed by atoms with Gasteiger partial charge in [-0.3, -0.25) is 0 Å². The lowest BCUT2D eigenvalue weighted by Crippen LogP contribution is -2.07. The molecule has 194 valence electrons. The van der Waals surface area contributed by atoms with Crippen molar-refractivity contribution in [2.24, 2.45) is 0 Å². The number of carbonyl (C=O) groups is 1. The van der Waals surface area contributed by atoms with E-state index < -0.39 is 0 Å². The summed E-state index contributed by atoms with van der Waals surface area (Å²) < 4.78 is 16.7. The van der Waals surface area contributed by atoms with Crippen LogP contribution in [-0.2, 0) is 9.53 Å². The first-order chi connectivity index (χ1) is 17.5. The lowest BCUT2D eigenvalue weighted by Gasteiger charge is -2.08. The average molecular weight is 496 g/mol. The van der Waals surface area contributed by atoms with Gasteiger partial charge in [-0.15, -0.1) is 15.0 Å². The molecule has 1 N–H and O–H groups in total. The second-order valence-electron chi connectivity index (χ2n) is 8.88. The molecule has 0 bridgehead atoms. The molecule has 8 nitrogen and oxygen atoms in total. The first-order valence-electron chi connectivity index (χ1n) is 12.8. The molecule has 3 rings (SSSR count). The van der Waals surface area contributed by atoms with Crippen LogP contribution in [0.5, 0.6) is 17.2 Å². The van der Waals surface area contributed by atoms with Crippen molar-refractivity contribution in [2.45, 2.75) is 65.2 Å². The number of unbranched alkanes of at least 4 members (excludes halogenated alkanes) is 6. The highest BCUT2D eigenvalue weighted by Gasteiger charge is 2.11. The molecule has 36 heavy (non-hydrogen) atoms. The van der Waals surface area contributed by atoms with Crippen LogP contribution in [-0.4, -0.2) is 45.9 Å². The van der Waals surface area contributed by atoms with E-state index in [2.05, 4.69) is 23.7 Å². The summed E-state index contributed by atoms with van der Waals surface area (Å²) in [6.07, 6.45) is 8.66. The fraction of sp³-hybridized carbons (Fsp3) is 0.464. The highest BCUT2D eigenvalue weighted by Crippen LogP contribution is 2.27. The van der Waals surface area contributed by atoms with Crippen molar-refractivity contribution in [3.8, 4) is 22.9 Å². The summed E-state index contributed by atoms with van der Waals surface area (Å²) in [4.78, 5) is 12.8. The maximum absolute atomic E-state index is 11.4. The number of carbonyl (C=O) groups excluding carboxylic acids is 1. The first kappa shape index (κ1) is 27.0. The Hall–Kier alpha value is -3.55. The van der Waals surface area contributed by atoms with Crippen LogP contribution in [0.15, 0.2) is 48.6 Å². The third-order valence-corrected chi connectivity index (χ3v) is 5.67. The number of hydrogen-bond acceptors (Lipinski definition) is 7. The molecule has 2 aromatic carbocycles. The minimum absolute atomic E-state index is 0.0552. The van der Waals surface area contributed by atoms with Gasteiger partial charge in [0, 0.05) is 17.7 Å². The standard InChI is InChI=1S/C28H37N3O5/c1-4-5-6-7-8-9-16-35-23-13-15-26(27(32)20-23)31-29-24-14-12-22(19-25(24)30-31)34-17-10-11-18-36-28(33)21(2)3/h12-15,19-20,32H,2,4-11,16-18H2,1,3H3. The minimum Gasteiger partial charge on any atom is -0.505 e. The van der Waals surface area contributed by atoms with E-state index in [1.165, 1.54) is 30.5 Å². The van der Waals surface area contributed by atoms with Gasteiger partial charge in [0.25, 0.3) is 0 Å². The van der Waals surface area contributed by atoms with E-state index in [0.29, 0.717) is 60.0 Å². The summed E-state index contributed by atoms with van der Waals surface area (Å²) >= 11 is 0. The molecule has 0 aliphatic heterocycles. The quantitative estimate of drug-likeness (QED) is 0.145. The van der Waals surface area contributed by atoms with Gasteiger partial charge in [0.15, 0.2) is 0 Å². The molecule has 0 unspecified atom stereocenters. The Balaban J connectivity index is 1.49. The Kier molecular flexibility index (Phi) is 10.6. The molecule has 0 spiro atoms. The maximum Gasteiger partial charge on any atom is 0.333 e. The van der Waals surface area contributed by atoms with Gasteiger partial charge in [-0.2, -0.15) is 0 Å². The fourth-order valence-corrected chi connectivity index (χ4v) is 3.61. The average Bonchev–Trinajstić information content (AvgIpc) is 3.28. The smallest absolute Gasteiger partial charge is 0.333 e. The zero-order valence-electron chi connectivity index (χ0n) is 21.4. The molecule has 0 aliphatic carbocycles. The van der Waals surface area contributed by atoms with Gasteiger partial charge in [-0.1, -0.05) is 45.6 Å². The SMILES string of the molecule is C=C(C)C(=O)OCCCCOc1ccc2nn(-c3ccc(OCCCCCCCC)cc3O)nc2c1. The number of esters is 1. The fourth-order valence-electron chi connectivity index (χ4n) is 3.61. The lowest BCUT2D eigenvalue weighted by molar-refractivity contribution is -0.139. The van der Waals surface area contributed by atoms with E-state index in [9.17, 15) is 9.90 Å². The van der Waals surface area contributed by atoms with Crippen LogP contribution in [0.3, 0.4) is 0 Å². The normalized spacial score (nSPS) is 10.9. The van der Waals surface area contributed by atoms with Gasteiger partial charge >= 0.3 is 5.97 Å². The van der Waals surface area contributed by atoms with Crippen LogP contribution < -0.4 is 9.47 Å². The molecule has 0 aliphatic rings. The molecule has 0 saturated heterocycles. The predicted octanol–water partition coefficient (Wildman–Crippen LogP) is 6.14. The molecule has 0 fully saturated rings. The number of aromatic hydroxyl groups is 1. The Morgan fingerprint density at radius 1 is 0.861 bits per heavy atom. The third-order valence-electron chi connectivity index (χ3n) is 5.67. The summed E-state index contributed by atoms with van der Waals surface area (Å²) in [6.45, 7) is 8.86. The highest BCUT2D eigenvalue weighted by atomic mass is 16.5. The molecule has 0 amide bonds. The van der Waals surface area contributed by atoms with Gasteiger partial charge in [0.2, 0.25) is 0 Å². The molecule has 0 saturated carbocycles. The van der Waals surface area contributed by atoms with Crippen LogP contribution in [0.2, 0.25) is 0 Å². The summed E-state index contributed by atoms with van der Waals surface area (Å²) in [6, 6.07) is 10.7. The molecule has 1 heterocycles. The molecule has 8 heteroatoms. The van der Waals surface area contributed by atoms with Crippen molar-refractivity contribution in [3.63, 3.8) is 0 Å². The van der Waals surface area contributed by atoms with Crippen LogP contribution in [0.4, 0.5) is 0 Å². The number of benzene rings is 2. The number of rotatable bonds is 16. The molecule has 1 aromatic heterocycles. The Labute approximate surface area is 212 Å². The second-order valence-corrected chi connectivity index (χ2v) is 8.88. The monoisotopic (exact) mass is 495 g/mol. The van der Waals surface area contributed by atoms with Crippen LogP contribution in [0.25, 0.3) is 16.7 Å². The largest absolute Gasteiger partial charge is 0.505 e. The minimum atomic E-state index is -0.370. The molecule has 0 atom stereocenters. The van der Waals surface area contributed by atoms with Crippen molar-refractivity contribution in [2.75, 3.05) is 19.8 Å². The lowest BCUT2D eigenvalue weighted by atomic mass is 10.1. The number of aromatic nitrogens is 3. The van der Waals surface area contributed by atoms with E-state index in [-0.39, 0.29) is 11.7 Å². The van der Waals surface area contributed by atoms with E-state index >= 15 is 0 Å². The van der Waals surface area contributed by atoms with Crippen molar-refractivity contribution >= 4 is 17.0 Å². The van der Waals surface area contributed by atoms with Gasteiger partial charge in [-0.05, 0) is 50.5 Å². The van der Waals surface area contributed by atoms with Crippen molar-refractivity contribution in [3.05, 3.63) is 48.6 Å². The Morgan fingerprint density at radius 2 is 1.47 bits per heavy atom. The van der Waals surface area contributed by atoms with Crippen molar-refractivity contribution < 1.29 is 24.1 Å². The molecule has 0 radical (unpaired) electrons. The van der Waals surface area contributed by atoms with Gasteiger partial charge in [0.05, 0.1) is 19.8 Å². The van der Waals surface area contributed by atoms with Crippen LogP contribution >= 0.6 is 0 Å². The van der Waals surface area contributed by atoms with Gasteiger partial charge in [-0.25, -0.2) is 4.79 Å². The zero-order valence-corrected chi connectivity index (χ0v) is 21.4. The summed E-state index contributed by atoms with van der Waals surface area (Å²) in [7, 11) is 0. The number of hydrogen-bond donors (Lipinski definition) is 1. The maximum atomic E-state index is 11.4. The topological polar surface area (TPSA) is 95.7 Å². The molecule has 3 aromatic rings. The Bertz CT molecular complexity index is 1140. The van der Waals surface area contributed by atoms with E-state index in [4.69, 9.17) is 14.2 Å². The number of fused-ring (bicyclic) bond motifs is 1. The van der Waals surface area contributed by atoms with E-state index in [0.717, 1.165) is 19.3 Å². The zero-order chi connectivity index (χ0) is 25.8. The number of phenolic OH excluding ortho intramolecular Hbond substituents is 1. The summed E-state index contributed by atoms with van der Waals surface area (Å²) in [5.74, 6) is 0.994. The molecular formula is C28H37N3O5. The predicted molar refractivity (Wildman–Crippen MR) is 140 cm³/mol. The van der Waals surface area contributed by atoms with Gasteiger partial charge in [0.1, 0.15) is 34.0 Å². The van der Waals surface area contributed by atoms with Crippen molar-refractivity contribution in [1.82, 2.24) is 15.0 Å². The Morgan fingerprint density at radius 3 is 2.19 bits per heavy atom.